The molecule has 1 atom stereocenters. The van der Waals surface area contributed by atoms with Gasteiger partial charge in [-0.3, -0.25) is 0 Å². The maximum Gasteiger partial charge on any atom is 0.0107 e. The highest BCUT2D eigenvalue weighted by molar-refractivity contribution is 4.73. The Bertz CT molecular complexity index is 174. The van der Waals surface area contributed by atoms with Crippen LogP contribution in [0.2, 0.25) is 0 Å². The van der Waals surface area contributed by atoms with Crippen molar-refractivity contribution in [3.63, 3.8) is 0 Å². The van der Waals surface area contributed by atoms with Crippen LogP contribution in [-0.4, -0.2) is 37.1 Å². The first-order valence-electron chi connectivity index (χ1n) is 7.03. The number of nitrogens with zero attached hydrogens (tertiary/aromatic N) is 1. The molecular formula is C14H30N2. The maximum absolute atomic E-state index is 3.65. The molecule has 0 amide bonds. The van der Waals surface area contributed by atoms with Gasteiger partial charge in [-0.25, -0.2) is 0 Å². The van der Waals surface area contributed by atoms with Crippen molar-refractivity contribution in [3.8, 4) is 0 Å². The molecule has 0 spiro atoms. The average Bonchev–Trinajstić information content (AvgIpc) is 2.70. The van der Waals surface area contributed by atoms with Crippen LogP contribution in [0.15, 0.2) is 0 Å². The smallest absolute Gasteiger partial charge is 0.0107 e. The lowest BCUT2D eigenvalue weighted by molar-refractivity contribution is 0.266. The van der Waals surface area contributed by atoms with Crippen molar-refractivity contribution in [3.05, 3.63) is 0 Å². The van der Waals surface area contributed by atoms with Crippen molar-refractivity contribution in [2.45, 2.75) is 65.0 Å². The largest absolute Gasteiger partial charge is 0.313 e. The van der Waals surface area contributed by atoms with Crippen molar-refractivity contribution >= 4 is 0 Å². The average molecular weight is 226 g/mol. The lowest BCUT2D eigenvalue weighted by Gasteiger charge is -2.23. The van der Waals surface area contributed by atoms with E-state index in [0.29, 0.717) is 12.1 Å². The highest BCUT2D eigenvalue weighted by atomic mass is 15.1. The summed E-state index contributed by atoms with van der Waals surface area (Å²) < 4.78 is 0. The van der Waals surface area contributed by atoms with Crippen LogP contribution in [0.5, 0.6) is 0 Å². The van der Waals surface area contributed by atoms with Crippen molar-refractivity contribution in [1.29, 1.82) is 0 Å². The van der Waals surface area contributed by atoms with Gasteiger partial charge in [-0.15, -0.1) is 0 Å². The van der Waals surface area contributed by atoms with Gasteiger partial charge in [-0.2, -0.15) is 0 Å². The van der Waals surface area contributed by atoms with Crippen LogP contribution in [0.25, 0.3) is 0 Å². The summed E-state index contributed by atoms with van der Waals surface area (Å²) in [5.41, 5.74) is 0. The molecule has 1 fully saturated rings. The van der Waals surface area contributed by atoms with Gasteiger partial charge in [-0.05, 0) is 40.2 Å². The van der Waals surface area contributed by atoms with Crippen molar-refractivity contribution in [2.24, 2.45) is 5.92 Å². The van der Waals surface area contributed by atoms with E-state index in [1.807, 2.05) is 0 Å². The van der Waals surface area contributed by atoms with Gasteiger partial charge in [0.2, 0.25) is 0 Å². The van der Waals surface area contributed by atoms with E-state index >= 15 is 0 Å². The molecule has 1 aliphatic carbocycles. The molecule has 1 rings (SSSR count). The van der Waals surface area contributed by atoms with E-state index in [-0.39, 0.29) is 0 Å². The topological polar surface area (TPSA) is 15.3 Å². The number of rotatable bonds is 7. The van der Waals surface area contributed by atoms with Gasteiger partial charge in [0.05, 0.1) is 0 Å². The molecule has 1 aliphatic rings. The first-order valence-corrected chi connectivity index (χ1v) is 7.03. The minimum atomic E-state index is 0.659. The fourth-order valence-electron chi connectivity index (χ4n) is 2.57. The fraction of sp³-hybridized carbons (Fsp3) is 1.00. The summed E-state index contributed by atoms with van der Waals surface area (Å²) in [5.74, 6) is 1.00. The zero-order valence-electron chi connectivity index (χ0n) is 11.6. The number of hydrogen-bond acceptors (Lipinski definition) is 2. The lowest BCUT2D eigenvalue weighted by atomic mass is 9.99. The van der Waals surface area contributed by atoms with E-state index in [9.17, 15) is 0 Å². The van der Waals surface area contributed by atoms with Crippen molar-refractivity contribution in [2.75, 3.05) is 20.1 Å². The van der Waals surface area contributed by atoms with Crippen LogP contribution in [-0.2, 0) is 0 Å². The predicted molar refractivity (Wildman–Crippen MR) is 71.8 cm³/mol. The summed E-state index contributed by atoms with van der Waals surface area (Å²) >= 11 is 0. The second kappa shape index (κ2) is 7.29. The number of hydrogen-bond donors (Lipinski definition) is 1. The fourth-order valence-corrected chi connectivity index (χ4v) is 2.57. The molecule has 96 valence electrons. The molecule has 0 radical (unpaired) electrons. The van der Waals surface area contributed by atoms with E-state index in [4.69, 9.17) is 0 Å². The van der Waals surface area contributed by atoms with Crippen molar-refractivity contribution in [1.82, 2.24) is 10.2 Å². The number of likely N-dealkylation sites (N-methyl/N-ethyl adjacent to an activating group) is 1. The zero-order chi connectivity index (χ0) is 12.0. The SMILES string of the molecule is CC(CC1CCCC1)NCCN(C)C(C)C. The first-order chi connectivity index (χ1) is 7.59. The summed E-state index contributed by atoms with van der Waals surface area (Å²) in [4.78, 5) is 2.40. The summed E-state index contributed by atoms with van der Waals surface area (Å²) in [6.45, 7) is 9.13. The Morgan fingerprint density at radius 2 is 1.81 bits per heavy atom. The second-order valence-electron chi connectivity index (χ2n) is 5.82. The third-order valence-corrected chi connectivity index (χ3v) is 4.00. The monoisotopic (exact) mass is 226 g/mol. The molecule has 0 aromatic heterocycles. The Kier molecular flexibility index (Phi) is 6.37. The summed E-state index contributed by atoms with van der Waals surface area (Å²) in [6, 6.07) is 1.36. The first kappa shape index (κ1) is 14.0. The molecule has 0 bridgehead atoms. The summed E-state index contributed by atoms with van der Waals surface area (Å²) in [6.07, 6.45) is 7.25. The Morgan fingerprint density at radius 1 is 1.19 bits per heavy atom. The van der Waals surface area contributed by atoms with Gasteiger partial charge >= 0.3 is 0 Å². The highest BCUT2D eigenvalue weighted by Gasteiger charge is 2.17. The van der Waals surface area contributed by atoms with Crippen LogP contribution in [0.4, 0.5) is 0 Å². The highest BCUT2D eigenvalue weighted by Crippen LogP contribution is 2.28. The molecule has 16 heavy (non-hydrogen) atoms. The van der Waals surface area contributed by atoms with Gasteiger partial charge in [0.15, 0.2) is 0 Å². The molecular weight excluding hydrogens is 196 g/mol. The predicted octanol–water partition coefficient (Wildman–Crippen LogP) is 2.89. The molecule has 0 aliphatic heterocycles. The summed E-state index contributed by atoms with van der Waals surface area (Å²) in [7, 11) is 2.20. The van der Waals surface area contributed by atoms with Gasteiger partial charge in [-0.1, -0.05) is 25.7 Å². The summed E-state index contributed by atoms with van der Waals surface area (Å²) in [5, 5.41) is 3.65. The van der Waals surface area contributed by atoms with E-state index in [2.05, 4.69) is 38.0 Å². The molecule has 1 N–H and O–H groups in total. The Morgan fingerprint density at radius 3 is 2.38 bits per heavy atom. The normalized spacial score (nSPS) is 19.9. The molecule has 2 heteroatoms. The molecule has 0 aromatic rings. The second-order valence-corrected chi connectivity index (χ2v) is 5.82. The molecule has 0 aromatic carbocycles. The molecule has 1 saturated carbocycles. The van der Waals surface area contributed by atoms with Crippen LogP contribution >= 0.6 is 0 Å². The third kappa shape index (κ3) is 5.31. The van der Waals surface area contributed by atoms with E-state index < -0.39 is 0 Å². The molecule has 0 heterocycles. The van der Waals surface area contributed by atoms with Gasteiger partial charge < -0.3 is 10.2 Å². The van der Waals surface area contributed by atoms with E-state index in [0.717, 1.165) is 19.0 Å². The standard InChI is InChI=1S/C14H30N2/c1-12(2)16(4)10-9-15-13(3)11-14-7-5-6-8-14/h12-15H,5-11H2,1-4H3. The minimum absolute atomic E-state index is 0.659. The Hall–Kier alpha value is -0.0800. The third-order valence-electron chi connectivity index (χ3n) is 4.00. The van der Waals surface area contributed by atoms with Crippen LogP contribution < -0.4 is 5.32 Å². The van der Waals surface area contributed by atoms with Crippen molar-refractivity contribution < 1.29 is 0 Å². The van der Waals surface area contributed by atoms with Gasteiger partial charge in [0.1, 0.15) is 0 Å². The Labute approximate surface area is 102 Å². The van der Waals surface area contributed by atoms with Crippen LogP contribution in [0.1, 0.15) is 52.9 Å². The quantitative estimate of drug-likeness (QED) is 0.718. The van der Waals surface area contributed by atoms with Gasteiger partial charge in [0.25, 0.3) is 0 Å². The van der Waals surface area contributed by atoms with Crippen LogP contribution in [0.3, 0.4) is 0 Å². The molecule has 2 nitrogen and oxygen atoms in total. The van der Waals surface area contributed by atoms with Gasteiger partial charge in [0, 0.05) is 25.2 Å². The molecule has 1 unspecified atom stereocenters. The number of nitrogens with one attached hydrogen (secondary N) is 1. The van der Waals surface area contributed by atoms with Crippen LogP contribution in [0, 0.1) is 5.92 Å². The minimum Gasteiger partial charge on any atom is -0.313 e. The van der Waals surface area contributed by atoms with E-state index in [1.165, 1.54) is 32.1 Å². The Balaban J connectivity index is 2.03. The zero-order valence-corrected chi connectivity index (χ0v) is 11.6. The lowest BCUT2D eigenvalue weighted by Crippen LogP contribution is -2.37. The maximum atomic E-state index is 3.65. The van der Waals surface area contributed by atoms with E-state index in [1.54, 1.807) is 0 Å². The molecule has 0 saturated heterocycles.